The number of hydrogen-bond acceptors (Lipinski definition) is 7. The number of carbonyl (C=O) groups is 1. The van der Waals surface area contributed by atoms with Crippen molar-refractivity contribution in [2.75, 3.05) is 57.4 Å². The van der Waals surface area contributed by atoms with Gasteiger partial charge in [0.1, 0.15) is 5.82 Å². The van der Waals surface area contributed by atoms with Crippen molar-refractivity contribution in [1.82, 2.24) is 20.1 Å². The fraction of sp³-hybridized carbons (Fsp3) is 0.600. The van der Waals surface area contributed by atoms with E-state index in [0.717, 1.165) is 61.9 Å². The van der Waals surface area contributed by atoms with Gasteiger partial charge in [-0.1, -0.05) is 26.0 Å². The molecule has 8 nitrogen and oxygen atoms in total. The number of piperazine rings is 1. The number of carbonyl (C=O) groups excluding carboxylic acids is 1. The van der Waals surface area contributed by atoms with E-state index in [1.807, 2.05) is 11.0 Å². The monoisotopic (exact) mass is 539 g/mol. The standard InChI is InChI=1S/C30H42FN5O3/c1-20-14-35(25(13-32-20)15-34-9-10-39-18-21(34)2)16-28(38)36-19-30(3,4)29-27(36)12-23(26(17-37)33-29)11-22-5-7-24(31)8-6-22/h5-8,12,20-21,25,32,37H,9-11,13-19H2,1-4H3/t20-,21-,25?/m1/s1. The number of nitrogens with one attached hydrogen (secondary N) is 1. The second-order valence-corrected chi connectivity index (χ2v) is 12.1. The molecule has 1 amide bonds. The Morgan fingerprint density at radius 3 is 2.72 bits per heavy atom. The normalized spacial score (nSPS) is 25.6. The minimum absolute atomic E-state index is 0.0715. The number of anilines is 1. The van der Waals surface area contributed by atoms with Crippen LogP contribution < -0.4 is 10.2 Å². The molecule has 0 spiro atoms. The predicted molar refractivity (Wildman–Crippen MR) is 149 cm³/mol. The number of nitrogens with zero attached hydrogens (tertiary/aromatic N) is 4. The van der Waals surface area contributed by atoms with Gasteiger partial charge in [0.15, 0.2) is 0 Å². The molecule has 0 radical (unpaired) electrons. The summed E-state index contributed by atoms with van der Waals surface area (Å²) in [5.74, 6) is -0.211. The maximum atomic E-state index is 13.9. The van der Waals surface area contributed by atoms with Crippen molar-refractivity contribution in [2.24, 2.45) is 0 Å². The molecule has 39 heavy (non-hydrogen) atoms. The van der Waals surface area contributed by atoms with Crippen LogP contribution in [0.15, 0.2) is 30.3 Å². The number of hydrogen-bond donors (Lipinski definition) is 2. The Balaban J connectivity index is 1.37. The molecule has 2 N–H and O–H groups in total. The largest absolute Gasteiger partial charge is 0.390 e. The number of rotatable bonds is 7. The summed E-state index contributed by atoms with van der Waals surface area (Å²) in [6, 6.07) is 9.31. The molecule has 9 heteroatoms. The minimum Gasteiger partial charge on any atom is -0.390 e. The molecule has 2 saturated heterocycles. The van der Waals surface area contributed by atoms with E-state index < -0.39 is 0 Å². The Morgan fingerprint density at radius 1 is 1.23 bits per heavy atom. The lowest BCUT2D eigenvalue weighted by Crippen LogP contribution is -2.62. The smallest absolute Gasteiger partial charge is 0.241 e. The zero-order valence-corrected chi connectivity index (χ0v) is 23.6. The van der Waals surface area contributed by atoms with Crippen molar-refractivity contribution in [3.8, 4) is 0 Å². The minimum atomic E-state index is -0.331. The number of benzene rings is 1. The second kappa shape index (κ2) is 11.6. The molecule has 3 atom stereocenters. The number of aliphatic hydroxyl groups is 1. The first-order chi connectivity index (χ1) is 18.6. The van der Waals surface area contributed by atoms with Crippen molar-refractivity contribution in [3.63, 3.8) is 0 Å². The van der Waals surface area contributed by atoms with Gasteiger partial charge in [-0.05, 0) is 49.6 Å². The van der Waals surface area contributed by atoms with E-state index in [1.54, 1.807) is 12.1 Å². The molecule has 1 unspecified atom stereocenters. The number of pyridine rings is 1. The quantitative estimate of drug-likeness (QED) is 0.559. The van der Waals surface area contributed by atoms with Crippen LogP contribution in [0.2, 0.25) is 0 Å². The van der Waals surface area contributed by atoms with Gasteiger partial charge < -0.3 is 20.1 Å². The summed E-state index contributed by atoms with van der Waals surface area (Å²) in [4.78, 5) is 25.5. The van der Waals surface area contributed by atoms with E-state index in [0.29, 0.717) is 37.3 Å². The van der Waals surface area contributed by atoms with Crippen LogP contribution in [0.25, 0.3) is 0 Å². The molecule has 1 aromatic heterocycles. The van der Waals surface area contributed by atoms with Crippen LogP contribution in [0.1, 0.15) is 50.2 Å². The number of aliphatic hydroxyl groups excluding tert-OH is 1. The number of halogens is 1. The molecule has 1 aromatic carbocycles. The number of morpholine rings is 1. The molecule has 3 aliphatic heterocycles. The van der Waals surface area contributed by atoms with E-state index >= 15 is 0 Å². The summed E-state index contributed by atoms with van der Waals surface area (Å²) in [6.07, 6.45) is 0.508. The third kappa shape index (κ3) is 6.18. The van der Waals surface area contributed by atoms with Gasteiger partial charge in [-0.3, -0.25) is 19.6 Å². The number of aromatic nitrogens is 1. The first-order valence-electron chi connectivity index (χ1n) is 14.1. The van der Waals surface area contributed by atoms with Crippen LogP contribution in [0.5, 0.6) is 0 Å². The predicted octanol–water partition coefficient (Wildman–Crippen LogP) is 2.31. The Hall–Kier alpha value is -2.43. The Kier molecular flexibility index (Phi) is 8.35. The highest BCUT2D eigenvalue weighted by atomic mass is 19.1. The molecule has 0 bridgehead atoms. The average Bonchev–Trinajstić information content (AvgIpc) is 3.17. The highest BCUT2D eigenvalue weighted by Gasteiger charge is 2.41. The average molecular weight is 540 g/mol. The van der Waals surface area contributed by atoms with Gasteiger partial charge in [0.2, 0.25) is 5.91 Å². The molecular formula is C30H42FN5O3. The molecule has 2 aromatic rings. The highest BCUT2D eigenvalue weighted by Crippen LogP contribution is 2.41. The third-order valence-corrected chi connectivity index (χ3v) is 8.43. The lowest BCUT2D eigenvalue weighted by Gasteiger charge is -2.43. The fourth-order valence-electron chi connectivity index (χ4n) is 6.14. The van der Waals surface area contributed by atoms with Crippen LogP contribution in [0.3, 0.4) is 0 Å². The maximum absolute atomic E-state index is 13.9. The first kappa shape index (κ1) is 28.1. The van der Waals surface area contributed by atoms with Gasteiger partial charge in [0.25, 0.3) is 0 Å². The Bertz CT molecular complexity index is 1170. The zero-order chi connectivity index (χ0) is 27.7. The second-order valence-electron chi connectivity index (χ2n) is 12.1. The van der Waals surface area contributed by atoms with Gasteiger partial charge in [-0.25, -0.2) is 4.39 Å². The van der Waals surface area contributed by atoms with Crippen molar-refractivity contribution < 1.29 is 19.0 Å². The molecule has 4 heterocycles. The van der Waals surface area contributed by atoms with Crippen molar-refractivity contribution in [2.45, 2.75) is 64.3 Å². The van der Waals surface area contributed by atoms with Gasteiger partial charge >= 0.3 is 0 Å². The summed E-state index contributed by atoms with van der Waals surface area (Å²) in [7, 11) is 0. The topological polar surface area (TPSA) is 81.2 Å². The summed E-state index contributed by atoms with van der Waals surface area (Å²) in [5, 5.41) is 13.7. The van der Waals surface area contributed by atoms with Crippen molar-refractivity contribution in [1.29, 1.82) is 0 Å². The van der Waals surface area contributed by atoms with E-state index in [2.05, 4.69) is 42.8 Å². The van der Waals surface area contributed by atoms with E-state index in [-0.39, 0.29) is 29.8 Å². The third-order valence-electron chi connectivity index (χ3n) is 8.43. The molecule has 3 aliphatic rings. The van der Waals surface area contributed by atoms with Crippen molar-refractivity contribution in [3.05, 3.63) is 58.7 Å². The van der Waals surface area contributed by atoms with Crippen LogP contribution >= 0.6 is 0 Å². The van der Waals surface area contributed by atoms with Crippen molar-refractivity contribution >= 4 is 11.6 Å². The van der Waals surface area contributed by atoms with Crippen LogP contribution in [0, 0.1) is 5.82 Å². The summed E-state index contributed by atoms with van der Waals surface area (Å²) in [6.45, 7) is 14.3. The summed E-state index contributed by atoms with van der Waals surface area (Å²) >= 11 is 0. The lowest BCUT2D eigenvalue weighted by atomic mass is 9.90. The molecule has 0 saturated carbocycles. The SMILES string of the molecule is C[C@@H]1CN(CC(=O)N2CC(C)(C)c3nc(CO)c(Cc4ccc(F)cc4)cc32)C(CN2CCOC[C@H]2C)CN1. The number of ether oxygens (including phenoxy) is 1. The number of fused-ring (bicyclic) bond motifs is 1. The molecule has 212 valence electrons. The molecule has 5 rings (SSSR count). The molecule has 0 aliphatic carbocycles. The maximum Gasteiger partial charge on any atom is 0.241 e. The zero-order valence-electron chi connectivity index (χ0n) is 23.6. The van der Waals surface area contributed by atoms with Gasteiger partial charge in [0.05, 0.1) is 43.4 Å². The van der Waals surface area contributed by atoms with Crippen LogP contribution in [0.4, 0.5) is 10.1 Å². The molecule has 2 fully saturated rings. The van der Waals surface area contributed by atoms with E-state index in [9.17, 15) is 14.3 Å². The van der Waals surface area contributed by atoms with Gasteiger partial charge in [-0.15, -0.1) is 0 Å². The molecular weight excluding hydrogens is 497 g/mol. The fourth-order valence-corrected chi connectivity index (χ4v) is 6.14. The Labute approximate surface area is 231 Å². The first-order valence-corrected chi connectivity index (χ1v) is 14.1. The summed E-state index contributed by atoms with van der Waals surface area (Å²) in [5.41, 5.74) is 3.72. The lowest BCUT2D eigenvalue weighted by molar-refractivity contribution is -0.121. The summed E-state index contributed by atoms with van der Waals surface area (Å²) < 4.78 is 19.1. The van der Waals surface area contributed by atoms with Crippen LogP contribution in [-0.2, 0) is 28.0 Å². The number of amides is 1. The van der Waals surface area contributed by atoms with Gasteiger partial charge in [-0.2, -0.15) is 0 Å². The van der Waals surface area contributed by atoms with Gasteiger partial charge in [0, 0.05) is 56.3 Å². The Morgan fingerprint density at radius 2 is 2.00 bits per heavy atom. The van der Waals surface area contributed by atoms with E-state index in [1.165, 1.54) is 12.1 Å². The van der Waals surface area contributed by atoms with E-state index in [4.69, 9.17) is 9.72 Å². The highest BCUT2D eigenvalue weighted by molar-refractivity contribution is 5.97. The van der Waals surface area contributed by atoms with Crippen LogP contribution in [-0.4, -0.2) is 96.4 Å².